The van der Waals surface area contributed by atoms with Crippen LogP contribution in [0.4, 0.5) is 0 Å². The van der Waals surface area contributed by atoms with Gasteiger partial charge in [0, 0.05) is 17.7 Å². The minimum absolute atomic E-state index is 0.0131. The highest BCUT2D eigenvalue weighted by Crippen LogP contribution is 2.45. The molecule has 2 fully saturated rings. The number of carbonyl (C=O) groups is 1. The zero-order valence-electron chi connectivity index (χ0n) is 20.3. The number of hydrogen-bond acceptors (Lipinski definition) is 4. The quantitative estimate of drug-likeness (QED) is 0.200. The lowest BCUT2D eigenvalue weighted by atomic mass is 9.83. The van der Waals surface area contributed by atoms with Crippen molar-refractivity contribution in [2.75, 3.05) is 7.11 Å². The Bertz CT molecular complexity index is 700. The Morgan fingerprint density at radius 1 is 1.06 bits per heavy atom. The van der Waals surface area contributed by atoms with Gasteiger partial charge in [0.25, 0.3) is 0 Å². The van der Waals surface area contributed by atoms with Gasteiger partial charge in [-0.05, 0) is 55.1 Å². The van der Waals surface area contributed by atoms with E-state index >= 15 is 0 Å². The summed E-state index contributed by atoms with van der Waals surface area (Å²) in [6.07, 6.45) is 13.9. The van der Waals surface area contributed by atoms with Gasteiger partial charge in [-0.2, -0.15) is 0 Å². The second kappa shape index (κ2) is 13.7. The Labute approximate surface area is 205 Å². The van der Waals surface area contributed by atoms with Crippen LogP contribution in [0.3, 0.4) is 0 Å². The number of alkyl halides is 1. The Hall–Kier alpha value is -1.10. The number of esters is 1. The van der Waals surface area contributed by atoms with Gasteiger partial charge in [0.05, 0.1) is 19.3 Å². The summed E-state index contributed by atoms with van der Waals surface area (Å²) in [6, 6.07) is 8.26. The maximum Gasteiger partial charge on any atom is 0.305 e. The molecule has 0 aromatic heterocycles. The Kier molecular flexibility index (Phi) is 11.0. The van der Waals surface area contributed by atoms with Crippen LogP contribution in [0.15, 0.2) is 24.3 Å². The zero-order valence-corrected chi connectivity index (χ0v) is 21.0. The first-order valence-corrected chi connectivity index (χ1v) is 13.6. The summed E-state index contributed by atoms with van der Waals surface area (Å²) in [6.45, 7) is 0. The lowest BCUT2D eigenvalue weighted by Gasteiger charge is -2.25. The number of hydrogen-bond donors (Lipinski definition) is 2. The van der Waals surface area contributed by atoms with E-state index in [2.05, 4.69) is 12.1 Å². The molecule has 0 aliphatic heterocycles. The van der Waals surface area contributed by atoms with Gasteiger partial charge in [0.15, 0.2) is 0 Å². The van der Waals surface area contributed by atoms with Gasteiger partial charge in [-0.15, -0.1) is 11.6 Å². The van der Waals surface area contributed by atoms with Crippen molar-refractivity contribution in [1.29, 1.82) is 0 Å². The minimum atomic E-state index is -0.418. The third-order valence-electron chi connectivity index (χ3n) is 7.98. The predicted molar refractivity (Wildman–Crippen MR) is 133 cm³/mol. The molecule has 0 saturated heterocycles. The van der Waals surface area contributed by atoms with Gasteiger partial charge in [-0.3, -0.25) is 4.79 Å². The summed E-state index contributed by atoms with van der Waals surface area (Å²) in [5.74, 6) is 0.945. The second-order valence-corrected chi connectivity index (χ2v) is 10.9. The van der Waals surface area contributed by atoms with E-state index in [1.807, 2.05) is 12.1 Å². The molecular weight excluding hydrogens is 436 g/mol. The molecule has 0 spiro atoms. The third kappa shape index (κ3) is 7.97. The van der Waals surface area contributed by atoms with E-state index in [9.17, 15) is 15.0 Å². The molecule has 5 heteroatoms. The van der Waals surface area contributed by atoms with Crippen molar-refractivity contribution in [2.24, 2.45) is 11.8 Å². The number of aliphatic hydroxyl groups is 2. The van der Waals surface area contributed by atoms with Crippen molar-refractivity contribution >= 4 is 17.6 Å². The van der Waals surface area contributed by atoms with Gasteiger partial charge < -0.3 is 14.9 Å². The number of ether oxygens (including phenoxy) is 1. The van der Waals surface area contributed by atoms with Gasteiger partial charge in [-0.1, -0.05) is 75.6 Å². The number of benzene rings is 1. The molecule has 0 heterocycles. The summed E-state index contributed by atoms with van der Waals surface area (Å²) in [5, 5.41) is 21.4. The van der Waals surface area contributed by atoms with Crippen molar-refractivity contribution in [2.45, 2.75) is 113 Å². The molecule has 1 aromatic rings. The van der Waals surface area contributed by atoms with Crippen LogP contribution in [0.25, 0.3) is 0 Å². The molecule has 0 amide bonds. The highest BCUT2D eigenvalue weighted by molar-refractivity contribution is 6.21. The summed E-state index contributed by atoms with van der Waals surface area (Å²) in [7, 11) is 1.43. The number of aliphatic hydroxyl groups excluding tert-OH is 2. The standard InChI is InChI=1S/C28H43ClO4/c1-33-27(32)12-8-3-2-7-11-23-24(29)19-26(31)28(23)22-16-14-21(15-17-22)25(30)18-13-20-9-5-4-6-10-20/h14-17,20,23-26,28,30-31H,2-13,18-19H2,1H3/t23-,24-,25?,26+,28+/m0/s1. The largest absolute Gasteiger partial charge is 0.469 e. The predicted octanol–water partition coefficient (Wildman–Crippen LogP) is 6.67. The van der Waals surface area contributed by atoms with Crippen LogP contribution < -0.4 is 0 Å². The van der Waals surface area contributed by atoms with E-state index < -0.39 is 12.2 Å². The first kappa shape index (κ1) is 26.5. The summed E-state index contributed by atoms with van der Waals surface area (Å²) >= 11 is 6.65. The van der Waals surface area contributed by atoms with Crippen molar-refractivity contribution in [1.82, 2.24) is 0 Å². The van der Waals surface area contributed by atoms with Crippen LogP contribution in [0, 0.1) is 11.8 Å². The Balaban J connectivity index is 1.49. The third-order valence-corrected chi connectivity index (χ3v) is 8.48. The molecule has 186 valence electrons. The van der Waals surface area contributed by atoms with Crippen LogP contribution in [0.1, 0.15) is 113 Å². The fourth-order valence-corrected chi connectivity index (χ4v) is 6.44. The van der Waals surface area contributed by atoms with E-state index in [-0.39, 0.29) is 23.2 Å². The highest BCUT2D eigenvalue weighted by Gasteiger charge is 2.41. The maximum atomic E-state index is 11.2. The lowest BCUT2D eigenvalue weighted by molar-refractivity contribution is -0.140. The van der Waals surface area contributed by atoms with Crippen LogP contribution in [-0.4, -0.2) is 34.8 Å². The molecule has 2 aliphatic rings. The molecule has 33 heavy (non-hydrogen) atoms. The van der Waals surface area contributed by atoms with Crippen molar-refractivity contribution in [3.05, 3.63) is 35.4 Å². The topological polar surface area (TPSA) is 66.8 Å². The number of carbonyl (C=O) groups excluding carboxylic acids is 1. The normalized spacial score (nSPS) is 26.9. The first-order valence-electron chi connectivity index (χ1n) is 13.2. The average molecular weight is 479 g/mol. The molecule has 2 N–H and O–H groups in total. The first-order chi connectivity index (χ1) is 16.0. The van der Waals surface area contributed by atoms with Crippen LogP contribution in [-0.2, 0) is 9.53 Å². The van der Waals surface area contributed by atoms with Gasteiger partial charge in [0.2, 0.25) is 0 Å². The fraction of sp³-hybridized carbons (Fsp3) is 0.750. The summed E-state index contributed by atoms with van der Waals surface area (Å²) < 4.78 is 4.69. The SMILES string of the molecule is COC(=O)CCCCCC[C@@H]1[C@@H](c2ccc(C(O)CCC3CCCCC3)cc2)[C@H](O)C[C@@H]1Cl. The zero-order chi connectivity index (χ0) is 23.6. The molecule has 2 saturated carbocycles. The molecular formula is C28H43ClO4. The molecule has 5 atom stereocenters. The average Bonchev–Trinajstić information content (AvgIpc) is 3.12. The van der Waals surface area contributed by atoms with Crippen molar-refractivity contribution in [3.63, 3.8) is 0 Å². The van der Waals surface area contributed by atoms with E-state index in [4.69, 9.17) is 16.3 Å². The fourth-order valence-electron chi connectivity index (χ4n) is 5.97. The molecule has 0 bridgehead atoms. The smallest absolute Gasteiger partial charge is 0.305 e. The molecule has 4 nitrogen and oxygen atoms in total. The lowest BCUT2D eigenvalue weighted by Crippen LogP contribution is -2.19. The van der Waals surface area contributed by atoms with Crippen LogP contribution in [0.2, 0.25) is 0 Å². The minimum Gasteiger partial charge on any atom is -0.469 e. The number of halogens is 1. The molecule has 3 rings (SSSR count). The van der Waals surface area contributed by atoms with E-state index in [0.717, 1.165) is 62.0 Å². The van der Waals surface area contributed by atoms with Gasteiger partial charge in [-0.25, -0.2) is 0 Å². The number of rotatable bonds is 12. The summed E-state index contributed by atoms with van der Waals surface area (Å²) in [5.41, 5.74) is 2.11. The number of methoxy groups -OCH3 is 1. The Morgan fingerprint density at radius 2 is 1.76 bits per heavy atom. The van der Waals surface area contributed by atoms with E-state index in [0.29, 0.717) is 12.8 Å². The molecule has 1 aromatic carbocycles. The molecule has 1 unspecified atom stereocenters. The number of unbranched alkanes of at least 4 members (excludes halogenated alkanes) is 3. The van der Waals surface area contributed by atoms with Crippen LogP contribution >= 0.6 is 11.6 Å². The summed E-state index contributed by atoms with van der Waals surface area (Å²) in [4.78, 5) is 11.2. The maximum absolute atomic E-state index is 11.2. The highest BCUT2D eigenvalue weighted by atomic mass is 35.5. The van der Waals surface area contributed by atoms with Gasteiger partial charge >= 0.3 is 5.97 Å². The van der Waals surface area contributed by atoms with E-state index in [1.165, 1.54) is 39.2 Å². The van der Waals surface area contributed by atoms with Crippen LogP contribution in [0.5, 0.6) is 0 Å². The van der Waals surface area contributed by atoms with Gasteiger partial charge in [0.1, 0.15) is 0 Å². The van der Waals surface area contributed by atoms with Crippen molar-refractivity contribution < 1.29 is 19.7 Å². The monoisotopic (exact) mass is 478 g/mol. The Morgan fingerprint density at radius 3 is 2.45 bits per heavy atom. The second-order valence-electron chi connectivity index (χ2n) is 10.3. The molecule has 0 radical (unpaired) electrons. The van der Waals surface area contributed by atoms with Crippen molar-refractivity contribution in [3.8, 4) is 0 Å². The van der Waals surface area contributed by atoms with E-state index in [1.54, 1.807) is 0 Å². The molecule has 2 aliphatic carbocycles.